The van der Waals surface area contributed by atoms with Gasteiger partial charge < -0.3 is 26.0 Å². The van der Waals surface area contributed by atoms with Crippen molar-refractivity contribution in [1.29, 1.82) is 0 Å². The Bertz CT molecular complexity index is 423. The fourth-order valence-electron chi connectivity index (χ4n) is 2.24. The Kier molecular flexibility index (Phi) is 11.5. The number of likely N-dealkylation sites (tertiary alicyclic amines) is 1. The number of nitrogens with two attached hydrogens (primary N) is 1. The van der Waals surface area contributed by atoms with E-state index in [1.54, 1.807) is 11.8 Å². The number of nitrogens with zero attached hydrogens (tertiary/aromatic N) is 2. The first-order chi connectivity index (χ1) is 10.9. The molecule has 0 bridgehead atoms. The third-order valence-electron chi connectivity index (χ3n) is 3.59. The molecule has 0 saturated carbocycles. The van der Waals surface area contributed by atoms with E-state index in [-0.39, 0.29) is 47.9 Å². The minimum absolute atomic E-state index is 0. The summed E-state index contributed by atoms with van der Waals surface area (Å²) in [5.74, 6) is 0.357. The first-order valence-corrected chi connectivity index (χ1v) is 8.19. The van der Waals surface area contributed by atoms with Crippen LogP contribution in [0.2, 0.25) is 0 Å². The molecule has 0 aromatic rings. The summed E-state index contributed by atoms with van der Waals surface area (Å²) in [7, 11) is 0. The lowest BCUT2D eigenvalue weighted by Gasteiger charge is -2.31. The van der Waals surface area contributed by atoms with Crippen LogP contribution in [0.5, 0.6) is 0 Å². The number of rotatable bonds is 6. The Labute approximate surface area is 161 Å². The third-order valence-corrected chi connectivity index (χ3v) is 3.59. The number of aliphatic imine (C=N–C) groups is 1. The molecule has 0 radical (unpaired) electrons. The van der Waals surface area contributed by atoms with Crippen LogP contribution in [0.15, 0.2) is 4.99 Å². The molecule has 9 heteroatoms. The maximum absolute atomic E-state index is 11.6. The standard InChI is InChI=1S/C15H29N5O3.HI/c1-4-23-15(22)20-9-5-12(6-10-20)19-14(16)18-8-7-17-13(21)11(2)3;/h11-12H,4-10H2,1-3H3,(H,17,21)(H3,16,18,19);1H. The molecular formula is C15H30IN5O3. The number of hydrogen-bond acceptors (Lipinski definition) is 4. The van der Waals surface area contributed by atoms with Gasteiger partial charge >= 0.3 is 6.09 Å². The van der Waals surface area contributed by atoms with Crippen molar-refractivity contribution in [2.75, 3.05) is 32.8 Å². The third kappa shape index (κ3) is 8.55. The number of carbonyl (C=O) groups is 2. The summed E-state index contributed by atoms with van der Waals surface area (Å²) in [5.41, 5.74) is 5.84. The van der Waals surface area contributed by atoms with Crippen molar-refractivity contribution in [3.63, 3.8) is 0 Å². The lowest BCUT2D eigenvalue weighted by Crippen LogP contribution is -2.48. The van der Waals surface area contributed by atoms with Crippen molar-refractivity contribution in [3.05, 3.63) is 0 Å². The van der Waals surface area contributed by atoms with E-state index in [1.807, 2.05) is 13.8 Å². The van der Waals surface area contributed by atoms with Gasteiger partial charge in [0.15, 0.2) is 5.96 Å². The lowest BCUT2D eigenvalue weighted by molar-refractivity contribution is -0.123. The van der Waals surface area contributed by atoms with E-state index in [9.17, 15) is 9.59 Å². The number of piperidine rings is 1. The molecular weight excluding hydrogens is 425 g/mol. The Balaban J connectivity index is 0.00000529. The van der Waals surface area contributed by atoms with Gasteiger partial charge in [-0.1, -0.05) is 13.8 Å². The van der Waals surface area contributed by atoms with E-state index >= 15 is 0 Å². The van der Waals surface area contributed by atoms with Gasteiger partial charge in [0.1, 0.15) is 0 Å². The highest BCUT2D eigenvalue weighted by Crippen LogP contribution is 2.11. The number of guanidine groups is 1. The summed E-state index contributed by atoms with van der Waals surface area (Å²) in [4.78, 5) is 28.9. The average molecular weight is 455 g/mol. The molecule has 24 heavy (non-hydrogen) atoms. The molecule has 0 atom stereocenters. The van der Waals surface area contributed by atoms with Gasteiger partial charge in [-0.3, -0.25) is 9.79 Å². The van der Waals surface area contributed by atoms with Gasteiger partial charge in [-0.2, -0.15) is 0 Å². The van der Waals surface area contributed by atoms with E-state index in [1.165, 1.54) is 0 Å². The monoisotopic (exact) mass is 455 g/mol. The first-order valence-electron chi connectivity index (χ1n) is 8.19. The van der Waals surface area contributed by atoms with Gasteiger partial charge in [0.2, 0.25) is 5.91 Å². The molecule has 4 N–H and O–H groups in total. The van der Waals surface area contributed by atoms with Crippen molar-refractivity contribution in [2.24, 2.45) is 16.6 Å². The normalized spacial score (nSPS) is 15.7. The van der Waals surface area contributed by atoms with Crippen LogP contribution in [-0.2, 0) is 9.53 Å². The molecule has 8 nitrogen and oxygen atoms in total. The SMILES string of the molecule is CCOC(=O)N1CCC(NC(N)=NCCNC(=O)C(C)C)CC1.I. The molecule has 0 aromatic carbocycles. The summed E-state index contributed by atoms with van der Waals surface area (Å²) in [6, 6.07) is 0.203. The van der Waals surface area contributed by atoms with Gasteiger partial charge in [-0.25, -0.2) is 4.79 Å². The minimum Gasteiger partial charge on any atom is -0.450 e. The van der Waals surface area contributed by atoms with Crippen molar-refractivity contribution in [3.8, 4) is 0 Å². The van der Waals surface area contributed by atoms with Crippen LogP contribution < -0.4 is 16.4 Å². The highest BCUT2D eigenvalue weighted by Gasteiger charge is 2.23. The van der Waals surface area contributed by atoms with Crippen molar-refractivity contribution in [1.82, 2.24) is 15.5 Å². The van der Waals surface area contributed by atoms with Gasteiger partial charge in [-0.05, 0) is 19.8 Å². The van der Waals surface area contributed by atoms with Crippen molar-refractivity contribution < 1.29 is 14.3 Å². The molecule has 0 aromatic heterocycles. The molecule has 2 amide bonds. The maximum atomic E-state index is 11.6. The minimum atomic E-state index is -0.256. The van der Waals surface area contributed by atoms with E-state index in [0.717, 1.165) is 12.8 Å². The molecule has 0 spiro atoms. The number of ether oxygens (including phenoxy) is 1. The van der Waals surface area contributed by atoms with E-state index in [4.69, 9.17) is 10.5 Å². The van der Waals surface area contributed by atoms with Crippen LogP contribution >= 0.6 is 24.0 Å². The molecule has 0 unspecified atom stereocenters. The molecule has 0 aliphatic carbocycles. The first kappa shape index (κ1) is 22.7. The Morgan fingerprint density at radius 1 is 1.33 bits per heavy atom. The number of amides is 2. The summed E-state index contributed by atoms with van der Waals surface area (Å²) in [6.07, 6.45) is 1.35. The largest absolute Gasteiger partial charge is 0.450 e. The van der Waals surface area contributed by atoms with Gasteiger partial charge in [0.25, 0.3) is 0 Å². The summed E-state index contributed by atoms with van der Waals surface area (Å²) in [5, 5.41) is 5.94. The van der Waals surface area contributed by atoms with Crippen molar-refractivity contribution >= 4 is 41.9 Å². The van der Waals surface area contributed by atoms with Crippen LogP contribution in [0.1, 0.15) is 33.6 Å². The summed E-state index contributed by atoms with van der Waals surface area (Å²) < 4.78 is 4.98. The fraction of sp³-hybridized carbons (Fsp3) is 0.800. The lowest BCUT2D eigenvalue weighted by atomic mass is 10.1. The number of halogens is 1. The van der Waals surface area contributed by atoms with Crippen LogP contribution in [-0.4, -0.2) is 61.7 Å². The molecule has 1 aliphatic heterocycles. The van der Waals surface area contributed by atoms with Gasteiger partial charge in [0.05, 0.1) is 13.2 Å². The Morgan fingerprint density at radius 3 is 2.50 bits per heavy atom. The molecule has 1 heterocycles. The van der Waals surface area contributed by atoms with E-state index < -0.39 is 0 Å². The van der Waals surface area contributed by atoms with Crippen LogP contribution in [0.25, 0.3) is 0 Å². The van der Waals surface area contributed by atoms with E-state index in [0.29, 0.717) is 38.7 Å². The second kappa shape index (κ2) is 12.2. The predicted octanol–water partition coefficient (Wildman–Crippen LogP) is 0.902. The number of carbonyl (C=O) groups excluding carboxylic acids is 2. The molecule has 1 aliphatic rings. The molecule has 1 rings (SSSR count). The highest BCUT2D eigenvalue weighted by atomic mass is 127. The number of hydrogen-bond donors (Lipinski definition) is 3. The quantitative estimate of drug-likeness (QED) is 0.239. The predicted molar refractivity (Wildman–Crippen MR) is 105 cm³/mol. The second-order valence-corrected chi connectivity index (χ2v) is 5.82. The molecule has 1 fully saturated rings. The van der Waals surface area contributed by atoms with Gasteiger partial charge in [-0.15, -0.1) is 24.0 Å². The topological polar surface area (TPSA) is 109 Å². The average Bonchev–Trinajstić information content (AvgIpc) is 2.52. The van der Waals surface area contributed by atoms with Crippen molar-refractivity contribution in [2.45, 2.75) is 39.7 Å². The Hall–Kier alpha value is -1.26. The zero-order valence-electron chi connectivity index (χ0n) is 14.7. The van der Waals surface area contributed by atoms with Crippen LogP contribution in [0, 0.1) is 5.92 Å². The summed E-state index contributed by atoms with van der Waals surface area (Å²) in [6.45, 7) is 8.09. The molecule has 140 valence electrons. The zero-order valence-corrected chi connectivity index (χ0v) is 17.0. The number of nitrogens with one attached hydrogen (secondary N) is 2. The van der Waals surface area contributed by atoms with Gasteiger partial charge in [0, 0.05) is 31.6 Å². The fourth-order valence-corrected chi connectivity index (χ4v) is 2.24. The van der Waals surface area contributed by atoms with E-state index in [2.05, 4.69) is 15.6 Å². The highest BCUT2D eigenvalue weighted by molar-refractivity contribution is 14.0. The van der Waals surface area contributed by atoms with Crippen LogP contribution in [0.3, 0.4) is 0 Å². The zero-order chi connectivity index (χ0) is 17.2. The maximum Gasteiger partial charge on any atom is 0.409 e. The Morgan fingerprint density at radius 2 is 1.96 bits per heavy atom. The van der Waals surface area contributed by atoms with Crippen LogP contribution in [0.4, 0.5) is 4.79 Å². The summed E-state index contributed by atoms with van der Waals surface area (Å²) >= 11 is 0. The molecule has 1 saturated heterocycles. The second-order valence-electron chi connectivity index (χ2n) is 5.82. The smallest absolute Gasteiger partial charge is 0.409 e.